The number of urea groups is 1. The molecule has 2 N–H and O–H groups in total. The van der Waals surface area contributed by atoms with Gasteiger partial charge in [-0.05, 0) is 36.4 Å². The van der Waals surface area contributed by atoms with E-state index in [2.05, 4.69) is 20.8 Å². The van der Waals surface area contributed by atoms with Crippen LogP contribution in [0.1, 0.15) is 12.8 Å². The molecule has 0 saturated heterocycles. The van der Waals surface area contributed by atoms with Crippen molar-refractivity contribution in [2.75, 3.05) is 10.6 Å². The third-order valence-corrected chi connectivity index (χ3v) is 3.19. The summed E-state index contributed by atoms with van der Waals surface area (Å²) in [5, 5.41) is 13.4. The number of para-hydroxylation sites is 1. The lowest BCUT2D eigenvalue weighted by Crippen LogP contribution is -2.19. The highest BCUT2D eigenvalue weighted by molar-refractivity contribution is 5.99. The maximum Gasteiger partial charge on any atom is 0.323 e. The summed E-state index contributed by atoms with van der Waals surface area (Å²) in [4.78, 5) is 11.9. The van der Waals surface area contributed by atoms with Crippen LogP contribution in [0.2, 0.25) is 0 Å². The van der Waals surface area contributed by atoms with Gasteiger partial charge in [0.1, 0.15) is 0 Å². The fraction of sp³-hybridized carbons (Fsp3) is 0.118. The Kier molecular flexibility index (Phi) is 4.33. The average Bonchev–Trinajstić information content (AvgIpc) is 3.05. The van der Waals surface area contributed by atoms with Gasteiger partial charge in [0.25, 0.3) is 0 Å². The van der Waals surface area contributed by atoms with Gasteiger partial charge in [0.15, 0.2) is 0 Å². The number of hydrogen-bond donors (Lipinski definition) is 2. The molecule has 2 amide bonds. The molecule has 3 aromatic rings. The summed E-state index contributed by atoms with van der Waals surface area (Å²) < 4.78 is 5.50. The Labute approximate surface area is 133 Å². The van der Waals surface area contributed by atoms with Crippen LogP contribution < -0.4 is 10.6 Å². The van der Waals surface area contributed by atoms with Crippen molar-refractivity contribution < 1.29 is 9.21 Å². The lowest BCUT2D eigenvalue weighted by molar-refractivity contribution is 0.262. The molecule has 6 nitrogen and oxygen atoms in total. The molecule has 116 valence electrons. The SMILES string of the molecule is CCc1nnc(-c2ccc(NC(=O)Nc3ccccc3)cc2)o1. The molecule has 2 aromatic carbocycles. The van der Waals surface area contributed by atoms with Gasteiger partial charge < -0.3 is 15.1 Å². The van der Waals surface area contributed by atoms with Gasteiger partial charge in [-0.1, -0.05) is 25.1 Å². The Bertz CT molecular complexity index is 782. The second kappa shape index (κ2) is 6.74. The van der Waals surface area contributed by atoms with Gasteiger partial charge in [-0.3, -0.25) is 0 Å². The van der Waals surface area contributed by atoms with E-state index in [1.54, 1.807) is 12.1 Å². The van der Waals surface area contributed by atoms with E-state index in [1.165, 1.54) is 0 Å². The summed E-state index contributed by atoms with van der Waals surface area (Å²) >= 11 is 0. The fourth-order valence-corrected chi connectivity index (χ4v) is 2.02. The fourth-order valence-electron chi connectivity index (χ4n) is 2.02. The minimum atomic E-state index is -0.296. The Balaban J connectivity index is 1.64. The van der Waals surface area contributed by atoms with Crippen LogP contribution in [-0.2, 0) is 6.42 Å². The Morgan fingerprint density at radius 2 is 1.61 bits per heavy atom. The maximum absolute atomic E-state index is 11.9. The number of aromatic nitrogens is 2. The highest BCUT2D eigenvalue weighted by Crippen LogP contribution is 2.20. The van der Waals surface area contributed by atoms with Crippen LogP contribution in [0.25, 0.3) is 11.5 Å². The first-order valence-electron chi connectivity index (χ1n) is 7.30. The van der Waals surface area contributed by atoms with Crippen molar-refractivity contribution >= 4 is 17.4 Å². The van der Waals surface area contributed by atoms with Gasteiger partial charge >= 0.3 is 6.03 Å². The summed E-state index contributed by atoms with van der Waals surface area (Å²) in [7, 11) is 0. The average molecular weight is 308 g/mol. The third-order valence-electron chi connectivity index (χ3n) is 3.19. The van der Waals surface area contributed by atoms with Crippen molar-refractivity contribution in [3.8, 4) is 11.5 Å². The molecule has 0 bridgehead atoms. The zero-order chi connectivity index (χ0) is 16.1. The lowest BCUT2D eigenvalue weighted by atomic mass is 10.2. The minimum absolute atomic E-state index is 0.296. The Hall–Kier alpha value is -3.15. The van der Waals surface area contributed by atoms with E-state index < -0.39 is 0 Å². The number of carbonyl (C=O) groups excluding carboxylic acids is 1. The summed E-state index contributed by atoms with van der Waals surface area (Å²) in [6.45, 7) is 1.95. The van der Waals surface area contributed by atoms with Crippen LogP contribution in [0, 0.1) is 0 Å². The Morgan fingerprint density at radius 3 is 2.22 bits per heavy atom. The molecule has 0 fully saturated rings. The summed E-state index contributed by atoms with van der Waals surface area (Å²) in [6, 6.07) is 16.2. The zero-order valence-corrected chi connectivity index (χ0v) is 12.6. The highest BCUT2D eigenvalue weighted by Gasteiger charge is 2.08. The maximum atomic E-state index is 11.9. The smallest absolute Gasteiger partial charge is 0.323 e. The number of carbonyl (C=O) groups is 1. The van der Waals surface area contributed by atoms with Crippen LogP contribution in [-0.4, -0.2) is 16.2 Å². The topological polar surface area (TPSA) is 80.0 Å². The number of rotatable bonds is 4. The van der Waals surface area contributed by atoms with Crippen molar-refractivity contribution in [1.29, 1.82) is 0 Å². The second-order valence-electron chi connectivity index (χ2n) is 4.88. The summed E-state index contributed by atoms with van der Waals surface area (Å²) in [6.07, 6.45) is 0.701. The van der Waals surface area contributed by atoms with Crippen LogP contribution in [0.15, 0.2) is 59.0 Å². The number of amides is 2. The molecule has 0 spiro atoms. The van der Waals surface area contributed by atoms with Crippen LogP contribution in [0.5, 0.6) is 0 Å². The van der Waals surface area contributed by atoms with Gasteiger partial charge in [0, 0.05) is 23.4 Å². The molecular weight excluding hydrogens is 292 g/mol. The largest absolute Gasteiger partial charge is 0.421 e. The quantitative estimate of drug-likeness (QED) is 0.765. The molecule has 6 heteroatoms. The number of nitrogens with zero attached hydrogens (tertiary/aromatic N) is 2. The first kappa shape index (κ1) is 14.8. The molecular formula is C17H16N4O2. The van der Waals surface area contributed by atoms with Crippen LogP contribution in [0.3, 0.4) is 0 Å². The molecule has 23 heavy (non-hydrogen) atoms. The first-order chi connectivity index (χ1) is 11.2. The van der Waals surface area contributed by atoms with Crippen molar-refractivity contribution in [1.82, 2.24) is 10.2 Å². The molecule has 0 radical (unpaired) electrons. The molecule has 0 aliphatic rings. The van der Waals surface area contributed by atoms with Crippen LogP contribution >= 0.6 is 0 Å². The highest BCUT2D eigenvalue weighted by atomic mass is 16.4. The van der Waals surface area contributed by atoms with Gasteiger partial charge in [0.2, 0.25) is 11.8 Å². The van der Waals surface area contributed by atoms with Crippen molar-refractivity contribution in [2.24, 2.45) is 0 Å². The van der Waals surface area contributed by atoms with E-state index >= 15 is 0 Å². The van der Waals surface area contributed by atoms with E-state index in [-0.39, 0.29) is 6.03 Å². The van der Waals surface area contributed by atoms with Crippen molar-refractivity contribution in [2.45, 2.75) is 13.3 Å². The van der Waals surface area contributed by atoms with E-state index in [0.717, 1.165) is 11.3 Å². The van der Waals surface area contributed by atoms with Crippen molar-refractivity contribution in [3.05, 3.63) is 60.5 Å². The van der Waals surface area contributed by atoms with E-state index in [0.29, 0.717) is 23.9 Å². The minimum Gasteiger partial charge on any atom is -0.421 e. The number of nitrogens with one attached hydrogen (secondary N) is 2. The molecule has 1 heterocycles. The summed E-state index contributed by atoms with van der Waals surface area (Å²) in [5.74, 6) is 1.08. The van der Waals surface area contributed by atoms with E-state index in [9.17, 15) is 4.79 Å². The van der Waals surface area contributed by atoms with Crippen LogP contribution in [0.4, 0.5) is 16.2 Å². The first-order valence-corrected chi connectivity index (χ1v) is 7.30. The molecule has 0 unspecified atom stereocenters. The number of hydrogen-bond acceptors (Lipinski definition) is 4. The predicted molar refractivity (Wildman–Crippen MR) is 88.2 cm³/mol. The van der Waals surface area contributed by atoms with Gasteiger partial charge in [-0.2, -0.15) is 0 Å². The molecule has 3 rings (SSSR count). The van der Waals surface area contributed by atoms with Gasteiger partial charge in [-0.25, -0.2) is 4.79 Å². The second-order valence-corrected chi connectivity index (χ2v) is 4.88. The van der Waals surface area contributed by atoms with Gasteiger partial charge in [0.05, 0.1) is 0 Å². The molecule has 0 atom stereocenters. The number of anilines is 2. The van der Waals surface area contributed by atoms with E-state index in [1.807, 2.05) is 49.4 Å². The summed E-state index contributed by atoms with van der Waals surface area (Å²) in [5.41, 5.74) is 2.23. The number of aryl methyl sites for hydroxylation is 1. The van der Waals surface area contributed by atoms with E-state index in [4.69, 9.17) is 4.42 Å². The lowest BCUT2D eigenvalue weighted by Gasteiger charge is -2.07. The molecule has 0 aliphatic heterocycles. The van der Waals surface area contributed by atoms with Gasteiger partial charge in [-0.15, -0.1) is 10.2 Å². The standard InChI is InChI=1S/C17H16N4O2/c1-2-15-20-21-16(23-15)12-8-10-14(11-9-12)19-17(22)18-13-6-4-3-5-7-13/h3-11H,2H2,1H3,(H2,18,19,22). The molecule has 1 aromatic heterocycles. The number of benzene rings is 2. The Morgan fingerprint density at radius 1 is 0.957 bits per heavy atom. The zero-order valence-electron chi connectivity index (χ0n) is 12.6. The third kappa shape index (κ3) is 3.74. The molecule has 0 saturated carbocycles. The predicted octanol–water partition coefficient (Wildman–Crippen LogP) is 3.94. The van der Waals surface area contributed by atoms with Crippen molar-refractivity contribution in [3.63, 3.8) is 0 Å². The normalized spacial score (nSPS) is 10.3. The molecule has 0 aliphatic carbocycles. The monoisotopic (exact) mass is 308 g/mol.